The Balaban J connectivity index is 2.12. The van der Waals surface area contributed by atoms with Gasteiger partial charge in [-0.3, -0.25) is 14.9 Å². The zero-order valence-electron chi connectivity index (χ0n) is 8.44. The molecule has 0 atom stereocenters. The van der Waals surface area contributed by atoms with E-state index in [0.29, 0.717) is 11.3 Å². The van der Waals surface area contributed by atoms with Crippen molar-refractivity contribution in [3.8, 4) is 0 Å². The van der Waals surface area contributed by atoms with Gasteiger partial charge in [0.1, 0.15) is 12.0 Å². The number of H-pyrrole nitrogens is 2. The fourth-order valence-corrected chi connectivity index (χ4v) is 1.17. The normalized spacial score (nSPS) is 10.1. The first-order chi connectivity index (χ1) is 7.66. The molecule has 7 heteroatoms. The molecule has 0 saturated heterocycles. The van der Waals surface area contributed by atoms with E-state index in [1.165, 1.54) is 25.5 Å². The van der Waals surface area contributed by atoms with E-state index in [2.05, 4.69) is 25.5 Å². The first-order valence-electron chi connectivity index (χ1n) is 4.53. The molecule has 0 radical (unpaired) electrons. The maximum atomic E-state index is 11.6. The highest BCUT2D eigenvalue weighted by atomic mass is 16.2. The molecule has 1 amide bonds. The van der Waals surface area contributed by atoms with Gasteiger partial charge in [-0.25, -0.2) is 5.10 Å². The maximum Gasteiger partial charge on any atom is 0.274 e. The van der Waals surface area contributed by atoms with Gasteiger partial charge in [0.2, 0.25) is 5.95 Å². The fraction of sp³-hybridized carbons (Fsp3) is 0.111. The van der Waals surface area contributed by atoms with Crippen molar-refractivity contribution >= 4 is 17.6 Å². The highest BCUT2D eigenvalue weighted by molar-refractivity contribution is 6.04. The summed E-state index contributed by atoms with van der Waals surface area (Å²) in [5.41, 5.74) is 0.754. The van der Waals surface area contributed by atoms with Gasteiger partial charge in [-0.1, -0.05) is 0 Å². The van der Waals surface area contributed by atoms with Gasteiger partial charge in [0.25, 0.3) is 5.91 Å². The maximum absolute atomic E-state index is 11.6. The van der Waals surface area contributed by atoms with Gasteiger partial charge in [-0.2, -0.15) is 10.1 Å². The third-order valence-corrected chi connectivity index (χ3v) is 1.98. The molecule has 82 valence electrons. The molecule has 0 spiro atoms. The first-order valence-corrected chi connectivity index (χ1v) is 4.53. The van der Waals surface area contributed by atoms with Gasteiger partial charge in [0, 0.05) is 11.8 Å². The Hall–Kier alpha value is -2.44. The highest BCUT2D eigenvalue weighted by Crippen LogP contribution is 2.06. The number of aromatic amines is 2. The van der Waals surface area contributed by atoms with Gasteiger partial charge in [0.05, 0.1) is 0 Å². The van der Waals surface area contributed by atoms with Crippen molar-refractivity contribution in [1.29, 1.82) is 0 Å². The molecular formula is C9H9N5O2. The van der Waals surface area contributed by atoms with Crippen LogP contribution in [0.5, 0.6) is 0 Å². The Morgan fingerprint density at radius 1 is 1.44 bits per heavy atom. The lowest BCUT2D eigenvalue weighted by molar-refractivity contribution is 0.101. The molecule has 3 N–H and O–H groups in total. The quantitative estimate of drug-likeness (QED) is 0.657. The van der Waals surface area contributed by atoms with Crippen LogP contribution >= 0.6 is 0 Å². The fourth-order valence-electron chi connectivity index (χ4n) is 1.17. The monoisotopic (exact) mass is 219 g/mol. The number of rotatable bonds is 3. The Morgan fingerprint density at radius 3 is 2.81 bits per heavy atom. The minimum absolute atomic E-state index is 0.102. The topological polar surface area (TPSA) is 104 Å². The van der Waals surface area contributed by atoms with Crippen LogP contribution in [0.25, 0.3) is 0 Å². The number of aromatic nitrogens is 4. The molecule has 0 unspecified atom stereocenters. The lowest BCUT2D eigenvalue weighted by atomic mass is 10.2. The molecular weight excluding hydrogens is 210 g/mol. The van der Waals surface area contributed by atoms with E-state index in [1.807, 2.05) is 0 Å². The number of ketones is 1. The van der Waals surface area contributed by atoms with E-state index >= 15 is 0 Å². The molecule has 2 heterocycles. The summed E-state index contributed by atoms with van der Waals surface area (Å²) in [6.45, 7) is 1.43. The van der Waals surface area contributed by atoms with Crippen LogP contribution in [0.2, 0.25) is 0 Å². The number of amides is 1. The molecule has 0 bridgehead atoms. The second-order valence-corrected chi connectivity index (χ2v) is 3.15. The summed E-state index contributed by atoms with van der Waals surface area (Å²) in [5.74, 6) is -0.233. The number of carbonyl (C=O) groups is 2. The SMILES string of the molecule is CC(=O)c1c[nH]c(C(=O)Nc2ncn[nH]2)c1. The largest absolute Gasteiger partial charge is 0.356 e. The molecule has 0 saturated carbocycles. The second-order valence-electron chi connectivity index (χ2n) is 3.15. The first kappa shape index (κ1) is 10.1. The molecule has 2 aromatic rings. The predicted molar refractivity (Wildman–Crippen MR) is 55.1 cm³/mol. The molecule has 2 aromatic heterocycles. The lowest BCUT2D eigenvalue weighted by Crippen LogP contribution is -2.13. The lowest BCUT2D eigenvalue weighted by Gasteiger charge is -1.97. The zero-order chi connectivity index (χ0) is 11.5. The van der Waals surface area contributed by atoms with Crippen molar-refractivity contribution in [3.05, 3.63) is 29.8 Å². The standard InChI is InChI=1S/C9H9N5O2/c1-5(15)6-2-7(10-3-6)8(16)13-9-11-4-12-14-9/h2-4,10H,1H3,(H2,11,12,13,14,16). The summed E-state index contributed by atoms with van der Waals surface area (Å²) in [5, 5.41) is 8.56. The molecule has 0 aliphatic rings. The molecule has 16 heavy (non-hydrogen) atoms. The summed E-state index contributed by atoms with van der Waals surface area (Å²) < 4.78 is 0. The van der Waals surface area contributed by atoms with Crippen LogP contribution in [0, 0.1) is 0 Å². The third kappa shape index (κ3) is 1.97. The molecule has 7 nitrogen and oxygen atoms in total. The number of Topliss-reactive ketones (excluding diaryl/α,β-unsaturated/α-hetero) is 1. The number of nitrogens with zero attached hydrogens (tertiary/aromatic N) is 2. The minimum Gasteiger partial charge on any atom is -0.356 e. The van der Waals surface area contributed by atoms with Gasteiger partial charge in [-0.05, 0) is 13.0 Å². The van der Waals surface area contributed by atoms with Crippen molar-refractivity contribution in [2.75, 3.05) is 5.32 Å². The van der Waals surface area contributed by atoms with Crippen molar-refractivity contribution in [3.63, 3.8) is 0 Å². The Labute approximate surface area is 90.3 Å². The summed E-state index contributed by atoms with van der Waals surface area (Å²) in [6, 6.07) is 1.48. The summed E-state index contributed by atoms with van der Waals surface area (Å²) in [7, 11) is 0. The molecule has 0 aliphatic carbocycles. The number of carbonyl (C=O) groups excluding carboxylic acids is 2. The highest BCUT2D eigenvalue weighted by Gasteiger charge is 2.11. The number of hydrogen-bond donors (Lipinski definition) is 3. The number of hydrogen-bond acceptors (Lipinski definition) is 4. The molecule has 0 aromatic carbocycles. The van der Waals surface area contributed by atoms with Crippen molar-refractivity contribution in [2.24, 2.45) is 0 Å². The summed E-state index contributed by atoms with van der Waals surface area (Å²) in [4.78, 5) is 29.1. The average molecular weight is 219 g/mol. The van der Waals surface area contributed by atoms with Crippen LogP contribution in [0.3, 0.4) is 0 Å². The number of nitrogens with one attached hydrogen (secondary N) is 3. The van der Waals surface area contributed by atoms with Crippen LogP contribution in [0.4, 0.5) is 5.95 Å². The van der Waals surface area contributed by atoms with Crippen LogP contribution in [0.1, 0.15) is 27.8 Å². The van der Waals surface area contributed by atoms with Crippen LogP contribution in [-0.4, -0.2) is 31.9 Å². The zero-order valence-corrected chi connectivity index (χ0v) is 8.44. The Morgan fingerprint density at radius 2 is 2.25 bits per heavy atom. The molecule has 0 aliphatic heterocycles. The van der Waals surface area contributed by atoms with Gasteiger partial charge >= 0.3 is 0 Å². The third-order valence-electron chi connectivity index (χ3n) is 1.98. The van der Waals surface area contributed by atoms with E-state index in [9.17, 15) is 9.59 Å². The van der Waals surface area contributed by atoms with Gasteiger partial charge in [0.15, 0.2) is 5.78 Å². The van der Waals surface area contributed by atoms with Crippen molar-refractivity contribution < 1.29 is 9.59 Å². The van der Waals surface area contributed by atoms with Crippen molar-refractivity contribution in [1.82, 2.24) is 20.2 Å². The van der Waals surface area contributed by atoms with Gasteiger partial charge in [-0.15, -0.1) is 0 Å². The van der Waals surface area contributed by atoms with E-state index in [1.54, 1.807) is 0 Å². The predicted octanol–water partition coefficient (Wildman–Crippen LogP) is 0.588. The summed E-state index contributed by atoms with van der Waals surface area (Å²) in [6.07, 6.45) is 2.77. The van der Waals surface area contributed by atoms with Gasteiger partial charge < -0.3 is 4.98 Å². The average Bonchev–Trinajstić information content (AvgIpc) is 2.86. The van der Waals surface area contributed by atoms with Crippen LogP contribution in [0.15, 0.2) is 18.6 Å². The summed E-state index contributed by atoms with van der Waals surface area (Å²) >= 11 is 0. The van der Waals surface area contributed by atoms with Crippen molar-refractivity contribution in [2.45, 2.75) is 6.92 Å². The van der Waals surface area contributed by atoms with Crippen LogP contribution < -0.4 is 5.32 Å². The van der Waals surface area contributed by atoms with E-state index in [4.69, 9.17) is 0 Å². The second kappa shape index (κ2) is 3.97. The van der Waals surface area contributed by atoms with E-state index < -0.39 is 0 Å². The van der Waals surface area contributed by atoms with E-state index in [0.717, 1.165) is 0 Å². The smallest absolute Gasteiger partial charge is 0.274 e. The Kier molecular flexibility index (Phi) is 2.50. The minimum atomic E-state index is -0.385. The molecule has 2 rings (SSSR count). The Bertz CT molecular complexity index is 514. The van der Waals surface area contributed by atoms with E-state index in [-0.39, 0.29) is 17.6 Å². The number of anilines is 1. The van der Waals surface area contributed by atoms with Crippen LogP contribution in [-0.2, 0) is 0 Å². The molecule has 0 fully saturated rings.